The average Bonchev–Trinajstić information content (AvgIpc) is 3.15. The largest absolute Gasteiger partial charge is 0.489 e. The van der Waals surface area contributed by atoms with Gasteiger partial charge in [0.2, 0.25) is 0 Å². The van der Waals surface area contributed by atoms with Crippen molar-refractivity contribution in [3.05, 3.63) is 89.7 Å². The fourth-order valence-electron chi connectivity index (χ4n) is 2.09. The normalized spacial score (nSPS) is 10.7. The van der Waals surface area contributed by atoms with Gasteiger partial charge < -0.3 is 9.72 Å². The third-order valence-corrected chi connectivity index (χ3v) is 3.36. The Morgan fingerprint density at radius 3 is 2.54 bits per heavy atom. The third-order valence-electron chi connectivity index (χ3n) is 3.36. The second-order valence-corrected chi connectivity index (χ2v) is 5.12. The molecule has 0 unspecified atom stereocenters. The van der Waals surface area contributed by atoms with E-state index in [1.165, 1.54) is 0 Å². The van der Waals surface area contributed by atoms with Crippen LogP contribution in [0.1, 0.15) is 21.6 Å². The zero-order chi connectivity index (χ0) is 16.6. The molecule has 5 heteroatoms. The minimum Gasteiger partial charge on any atom is -0.489 e. The van der Waals surface area contributed by atoms with Crippen molar-refractivity contribution in [3.8, 4) is 5.75 Å². The highest BCUT2D eigenvalue weighted by atomic mass is 16.5. The second-order valence-electron chi connectivity index (χ2n) is 5.12. The molecule has 0 radical (unpaired) electrons. The summed E-state index contributed by atoms with van der Waals surface area (Å²) < 4.78 is 5.69. The van der Waals surface area contributed by atoms with Gasteiger partial charge in [-0.15, -0.1) is 0 Å². The summed E-state index contributed by atoms with van der Waals surface area (Å²) in [5.41, 5.74) is 4.92. The highest BCUT2D eigenvalue weighted by Gasteiger charge is 2.04. The number of carbonyl (C=O) groups excluding carboxylic acids is 1. The van der Waals surface area contributed by atoms with Gasteiger partial charge >= 0.3 is 0 Å². The van der Waals surface area contributed by atoms with E-state index in [1.54, 1.807) is 36.7 Å². The predicted octanol–water partition coefficient (Wildman–Crippen LogP) is 3.36. The molecule has 0 atom stereocenters. The number of hydrazone groups is 1. The van der Waals surface area contributed by atoms with Crippen LogP contribution in [0.3, 0.4) is 0 Å². The highest BCUT2D eigenvalue weighted by molar-refractivity contribution is 5.94. The Balaban J connectivity index is 1.52. The van der Waals surface area contributed by atoms with Crippen molar-refractivity contribution in [2.75, 3.05) is 0 Å². The molecule has 120 valence electrons. The van der Waals surface area contributed by atoms with Gasteiger partial charge in [0.15, 0.2) is 0 Å². The molecule has 1 heterocycles. The van der Waals surface area contributed by atoms with Crippen molar-refractivity contribution in [3.63, 3.8) is 0 Å². The standard InChI is InChI=1S/C19H17N3O2/c23-19(22-21-13-17-7-4-12-20-17)16-8-10-18(11-9-16)24-14-15-5-2-1-3-6-15/h1-13,20H,14H2,(H,22,23). The zero-order valence-corrected chi connectivity index (χ0v) is 13.0. The van der Waals surface area contributed by atoms with E-state index in [0.29, 0.717) is 17.9 Å². The Kier molecular flexibility index (Phi) is 5.04. The second kappa shape index (κ2) is 7.78. The summed E-state index contributed by atoms with van der Waals surface area (Å²) in [7, 11) is 0. The summed E-state index contributed by atoms with van der Waals surface area (Å²) in [6, 6.07) is 20.6. The molecule has 1 aromatic heterocycles. The van der Waals surface area contributed by atoms with Crippen molar-refractivity contribution in [1.29, 1.82) is 0 Å². The highest BCUT2D eigenvalue weighted by Crippen LogP contribution is 2.14. The number of ether oxygens (including phenoxy) is 1. The Bertz CT molecular complexity index is 794. The number of hydrogen-bond donors (Lipinski definition) is 2. The number of nitrogens with zero attached hydrogens (tertiary/aromatic N) is 1. The van der Waals surface area contributed by atoms with Gasteiger partial charge in [-0.1, -0.05) is 30.3 Å². The Hall–Kier alpha value is -3.34. The lowest BCUT2D eigenvalue weighted by Crippen LogP contribution is -2.17. The van der Waals surface area contributed by atoms with Gasteiger partial charge in [-0.25, -0.2) is 5.43 Å². The van der Waals surface area contributed by atoms with Crippen LogP contribution in [0.2, 0.25) is 0 Å². The van der Waals surface area contributed by atoms with Gasteiger partial charge in [-0.2, -0.15) is 5.10 Å². The quantitative estimate of drug-likeness (QED) is 0.540. The first-order chi connectivity index (χ1) is 11.8. The SMILES string of the molecule is O=C(NN=Cc1ccc[nH]1)c1ccc(OCc2ccccc2)cc1. The molecule has 0 aliphatic rings. The van der Waals surface area contributed by atoms with Gasteiger partial charge in [0, 0.05) is 11.8 Å². The first kappa shape index (κ1) is 15.6. The van der Waals surface area contributed by atoms with Crippen molar-refractivity contribution < 1.29 is 9.53 Å². The van der Waals surface area contributed by atoms with Crippen LogP contribution < -0.4 is 10.2 Å². The first-order valence-corrected chi connectivity index (χ1v) is 7.55. The maximum atomic E-state index is 12.0. The topological polar surface area (TPSA) is 66.5 Å². The van der Waals surface area contributed by atoms with E-state index < -0.39 is 0 Å². The van der Waals surface area contributed by atoms with Crippen LogP contribution in [0.25, 0.3) is 0 Å². The molecular weight excluding hydrogens is 302 g/mol. The number of hydrogen-bond acceptors (Lipinski definition) is 3. The minimum absolute atomic E-state index is 0.271. The summed E-state index contributed by atoms with van der Waals surface area (Å²) in [4.78, 5) is 15.0. The van der Waals surface area contributed by atoms with Gasteiger partial charge in [-0.3, -0.25) is 4.79 Å². The van der Waals surface area contributed by atoms with Gasteiger partial charge in [0.1, 0.15) is 12.4 Å². The van der Waals surface area contributed by atoms with E-state index in [2.05, 4.69) is 15.5 Å². The van der Waals surface area contributed by atoms with Gasteiger partial charge in [-0.05, 0) is 42.0 Å². The van der Waals surface area contributed by atoms with E-state index in [9.17, 15) is 4.79 Å². The molecule has 3 rings (SSSR count). The number of aromatic amines is 1. The number of nitrogens with one attached hydrogen (secondary N) is 2. The van der Waals surface area contributed by atoms with Crippen LogP contribution >= 0.6 is 0 Å². The maximum absolute atomic E-state index is 12.0. The van der Waals surface area contributed by atoms with Crippen molar-refractivity contribution in [2.24, 2.45) is 5.10 Å². The fraction of sp³-hybridized carbons (Fsp3) is 0.0526. The van der Waals surface area contributed by atoms with E-state index in [4.69, 9.17) is 4.74 Å². The van der Waals surface area contributed by atoms with Crippen molar-refractivity contribution in [2.45, 2.75) is 6.61 Å². The summed E-state index contributed by atoms with van der Waals surface area (Å²) in [5.74, 6) is 0.442. The molecule has 24 heavy (non-hydrogen) atoms. The third kappa shape index (κ3) is 4.33. The van der Waals surface area contributed by atoms with Crippen LogP contribution in [0.15, 0.2) is 78.0 Å². The Morgan fingerprint density at radius 1 is 1.04 bits per heavy atom. The molecular formula is C19H17N3O2. The smallest absolute Gasteiger partial charge is 0.271 e. The molecule has 0 aliphatic carbocycles. The van der Waals surface area contributed by atoms with Crippen LogP contribution in [-0.2, 0) is 6.61 Å². The number of H-pyrrole nitrogens is 1. The molecule has 0 aliphatic heterocycles. The van der Waals surface area contributed by atoms with E-state index in [0.717, 1.165) is 11.3 Å². The van der Waals surface area contributed by atoms with E-state index >= 15 is 0 Å². The molecule has 0 saturated heterocycles. The molecule has 2 N–H and O–H groups in total. The van der Waals surface area contributed by atoms with E-state index in [-0.39, 0.29) is 5.91 Å². The van der Waals surface area contributed by atoms with Gasteiger partial charge in [0.05, 0.1) is 11.9 Å². The number of carbonyl (C=O) groups is 1. The average molecular weight is 319 g/mol. The van der Waals surface area contributed by atoms with Crippen LogP contribution in [0.4, 0.5) is 0 Å². The maximum Gasteiger partial charge on any atom is 0.271 e. The lowest BCUT2D eigenvalue weighted by atomic mass is 10.2. The van der Waals surface area contributed by atoms with Crippen molar-refractivity contribution in [1.82, 2.24) is 10.4 Å². The monoisotopic (exact) mass is 319 g/mol. The fourth-order valence-corrected chi connectivity index (χ4v) is 2.09. The molecule has 0 saturated carbocycles. The van der Waals surface area contributed by atoms with Crippen LogP contribution in [0.5, 0.6) is 5.75 Å². The summed E-state index contributed by atoms with van der Waals surface area (Å²) in [5, 5.41) is 3.90. The number of rotatable bonds is 6. The molecule has 1 amide bonds. The Morgan fingerprint density at radius 2 is 1.83 bits per heavy atom. The lowest BCUT2D eigenvalue weighted by molar-refractivity contribution is 0.0955. The number of aromatic nitrogens is 1. The summed E-state index contributed by atoms with van der Waals surface area (Å²) in [6.07, 6.45) is 3.34. The minimum atomic E-state index is -0.271. The summed E-state index contributed by atoms with van der Waals surface area (Å²) in [6.45, 7) is 0.493. The number of amides is 1. The molecule has 0 bridgehead atoms. The lowest BCUT2D eigenvalue weighted by Gasteiger charge is -2.07. The molecule has 5 nitrogen and oxygen atoms in total. The van der Waals surface area contributed by atoms with Crippen LogP contribution in [-0.4, -0.2) is 17.1 Å². The van der Waals surface area contributed by atoms with Crippen LogP contribution in [0, 0.1) is 0 Å². The molecule has 3 aromatic rings. The molecule has 0 fully saturated rings. The molecule has 0 spiro atoms. The van der Waals surface area contributed by atoms with Gasteiger partial charge in [0.25, 0.3) is 5.91 Å². The van der Waals surface area contributed by atoms with E-state index in [1.807, 2.05) is 42.5 Å². The number of benzene rings is 2. The molecule has 2 aromatic carbocycles. The predicted molar refractivity (Wildman–Crippen MR) is 93.1 cm³/mol. The Labute approximate surface area is 140 Å². The first-order valence-electron chi connectivity index (χ1n) is 7.55. The van der Waals surface area contributed by atoms with Crippen molar-refractivity contribution >= 4 is 12.1 Å². The summed E-state index contributed by atoms with van der Waals surface area (Å²) >= 11 is 0. The zero-order valence-electron chi connectivity index (χ0n) is 13.0.